The van der Waals surface area contributed by atoms with Crippen LogP contribution in [0.3, 0.4) is 0 Å². The van der Waals surface area contributed by atoms with Gasteiger partial charge in [0, 0.05) is 14.1 Å². The molecule has 6 nitrogen and oxygen atoms in total. The SMILES string of the molecule is Cc1ccc(C)c(N(CC(=O)NC(CC(C)C)c2ccccc2)S(=O)(=O)N(C)C)c1. The van der Waals surface area contributed by atoms with Crippen LogP contribution in [0.5, 0.6) is 0 Å². The van der Waals surface area contributed by atoms with Crippen LogP contribution in [-0.4, -0.2) is 39.3 Å². The summed E-state index contributed by atoms with van der Waals surface area (Å²) in [5.41, 5.74) is 3.24. The molecule has 1 unspecified atom stereocenters. The van der Waals surface area contributed by atoms with Crippen LogP contribution >= 0.6 is 0 Å². The van der Waals surface area contributed by atoms with Gasteiger partial charge in [0.1, 0.15) is 6.54 Å². The first kappa shape index (κ1) is 23.9. The third kappa shape index (κ3) is 6.06. The molecule has 1 amide bonds. The van der Waals surface area contributed by atoms with Gasteiger partial charge in [-0.15, -0.1) is 0 Å². The predicted molar refractivity (Wildman–Crippen MR) is 123 cm³/mol. The van der Waals surface area contributed by atoms with Crippen LogP contribution in [0.4, 0.5) is 5.69 Å². The van der Waals surface area contributed by atoms with Crippen molar-refractivity contribution in [3.63, 3.8) is 0 Å². The fourth-order valence-electron chi connectivity index (χ4n) is 3.28. The molecule has 0 radical (unpaired) electrons. The monoisotopic (exact) mass is 431 g/mol. The van der Waals surface area contributed by atoms with Crippen molar-refractivity contribution in [3.05, 3.63) is 65.2 Å². The van der Waals surface area contributed by atoms with Gasteiger partial charge in [0.2, 0.25) is 5.91 Å². The summed E-state index contributed by atoms with van der Waals surface area (Å²) in [6, 6.07) is 15.2. The molecule has 2 aromatic rings. The largest absolute Gasteiger partial charge is 0.348 e. The van der Waals surface area contributed by atoms with Crippen LogP contribution in [0.15, 0.2) is 48.5 Å². The van der Waals surface area contributed by atoms with Crippen LogP contribution < -0.4 is 9.62 Å². The number of hydrogen-bond donors (Lipinski definition) is 1. The summed E-state index contributed by atoms with van der Waals surface area (Å²) in [4.78, 5) is 13.0. The minimum absolute atomic E-state index is 0.179. The molecule has 0 heterocycles. The molecule has 0 bridgehead atoms. The summed E-state index contributed by atoms with van der Waals surface area (Å²) in [5, 5.41) is 3.05. The standard InChI is InChI=1S/C23H33N3O3S/c1-17(2)14-21(20-10-8-7-9-11-20)24-23(27)16-26(30(28,29)25(5)6)22-15-18(3)12-13-19(22)4/h7-13,15,17,21H,14,16H2,1-6H3,(H,24,27). The van der Waals surface area contributed by atoms with E-state index in [1.165, 1.54) is 18.4 Å². The van der Waals surface area contributed by atoms with Crippen LogP contribution in [0.2, 0.25) is 0 Å². The van der Waals surface area contributed by atoms with Gasteiger partial charge in [-0.3, -0.25) is 4.79 Å². The van der Waals surface area contributed by atoms with E-state index in [1.807, 2.05) is 56.3 Å². The summed E-state index contributed by atoms with van der Waals surface area (Å²) < 4.78 is 28.4. The lowest BCUT2D eigenvalue weighted by atomic mass is 9.97. The van der Waals surface area contributed by atoms with Gasteiger partial charge in [0.25, 0.3) is 0 Å². The number of hydrogen-bond acceptors (Lipinski definition) is 3. The van der Waals surface area contributed by atoms with Crippen molar-refractivity contribution >= 4 is 21.8 Å². The summed E-state index contributed by atoms with van der Waals surface area (Å²) in [6.45, 7) is 7.65. The molecule has 0 aliphatic carbocycles. The zero-order valence-electron chi connectivity index (χ0n) is 18.7. The number of nitrogens with one attached hydrogen (secondary N) is 1. The molecule has 164 valence electrons. The highest BCUT2D eigenvalue weighted by atomic mass is 32.2. The van der Waals surface area contributed by atoms with Gasteiger partial charge in [0.05, 0.1) is 11.7 Å². The smallest absolute Gasteiger partial charge is 0.304 e. The fourth-order valence-corrected chi connectivity index (χ4v) is 4.40. The number of anilines is 1. The third-order valence-corrected chi connectivity index (χ3v) is 6.71. The first-order chi connectivity index (χ1) is 14.0. The van der Waals surface area contributed by atoms with Gasteiger partial charge >= 0.3 is 10.2 Å². The second-order valence-corrected chi connectivity index (χ2v) is 10.3. The highest BCUT2D eigenvalue weighted by molar-refractivity contribution is 7.90. The highest BCUT2D eigenvalue weighted by Gasteiger charge is 2.29. The van der Waals surface area contributed by atoms with E-state index < -0.39 is 10.2 Å². The molecule has 1 N–H and O–H groups in total. The van der Waals surface area contributed by atoms with Crippen LogP contribution in [0.1, 0.15) is 43.0 Å². The Morgan fingerprint density at radius 3 is 2.23 bits per heavy atom. The fraction of sp³-hybridized carbons (Fsp3) is 0.435. The second-order valence-electron chi connectivity index (χ2n) is 8.25. The molecule has 0 spiro atoms. The molecule has 0 saturated carbocycles. The molecular formula is C23H33N3O3S. The van der Waals surface area contributed by atoms with E-state index in [-0.39, 0.29) is 18.5 Å². The molecule has 0 fully saturated rings. The van der Waals surface area contributed by atoms with Gasteiger partial charge in [-0.2, -0.15) is 12.7 Å². The minimum atomic E-state index is -3.84. The molecule has 2 rings (SSSR count). The maximum atomic E-state index is 13.0. The lowest BCUT2D eigenvalue weighted by Crippen LogP contribution is -2.46. The molecule has 0 saturated heterocycles. The molecule has 2 aromatic carbocycles. The molecule has 7 heteroatoms. The van der Waals surface area contributed by atoms with E-state index in [9.17, 15) is 13.2 Å². The third-order valence-electron chi connectivity index (χ3n) is 4.90. The Balaban J connectivity index is 2.34. The van der Waals surface area contributed by atoms with E-state index >= 15 is 0 Å². The number of carbonyl (C=O) groups is 1. The lowest BCUT2D eigenvalue weighted by molar-refractivity contribution is -0.120. The first-order valence-electron chi connectivity index (χ1n) is 10.1. The average Bonchev–Trinajstić information content (AvgIpc) is 2.67. The van der Waals surface area contributed by atoms with E-state index in [4.69, 9.17) is 0 Å². The van der Waals surface area contributed by atoms with E-state index in [1.54, 1.807) is 6.07 Å². The Kier molecular flexibility index (Phi) is 8.03. The molecular weight excluding hydrogens is 398 g/mol. The van der Waals surface area contributed by atoms with Gasteiger partial charge < -0.3 is 5.32 Å². The van der Waals surface area contributed by atoms with Crippen molar-refractivity contribution < 1.29 is 13.2 Å². The van der Waals surface area contributed by atoms with Crippen molar-refractivity contribution in [1.29, 1.82) is 0 Å². The zero-order valence-corrected chi connectivity index (χ0v) is 19.5. The predicted octanol–water partition coefficient (Wildman–Crippen LogP) is 3.82. The highest BCUT2D eigenvalue weighted by Crippen LogP contribution is 2.26. The van der Waals surface area contributed by atoms with Crippen molar-refractivity contribution in [2.24, 2.45) is 5.92 Å². The zero-order chi connectivity index (χ0) is 22.5. The van der Waals surface area contributed by atoms with Crippen molar-refractivity contribution in [1.82, 2.24) is 9.62 Å². The topological polar surface area (TPSA) is 69.7 Å². The van der Waals surface area contributed by atoms with Gasteiger partial charge in [-0.25, -0.2) is 4.31 Å². The summed E-state index contributed by atoms with van der Waals surface area (Å²) >= 11 is 0. The van der Waals surface area contributed by atoms with Crippen LogP contribution in [0.25, 0.3) is 0 Å². The Hall–Kier alpha value is -2.38. The Bertz CT molecular complexity index is 957. The number of amides is 1. The Morgan fingerprint density at radius 1 is 1.03 bits per heavy atom. The number of aryl methyl sites for hydroxylation is 2. The van der Waals surface area contributed by atoms with Crippen molar-refractivity contribution in [3.8, 4) is 0 Å². The quantitative estimate of drug-likeness (QED) is 0.656. The van der Waals surface area contributed by atoms with Crippen molar-refractivity contribution in [2.45, 2.75) is 40.2 Å². The molecule has 0 aliphatic heterocycles. The molecule has 0 aromatic heterocycles. The first-order valence-corrected chi connectivity index (χ1v) is 11.5. The molecule has 1 atom stereocenters. The van der Waals surface area contributed by atoms with Gasteiger partial charge in [0.15, 0.2) is 0 Å². The number of nitrogens with zero attached hydrogens (tertiary/aromatic N) is 2. The maximum Gasteiger partial charge on any atom is 0.304 e. The number of carbonyl (C=O) groups excluding carboxylic acids is 1. The number of benzene rings is 2. The number of rotatable bonds is 9. The minimum Gasteiger partial charge on any atom is -0.348 e. The normalized spacial score (nSPS) is 12.8. The van der Waals surface area contributed by atoms with Crippen LogP contribution in [0, 0.1) is 19.8 Å². The summed E-state index contributed by atoms with van der Waals surface area (Å²) in [5.74, 6) is 0.0342. The maximum absolute atomic E-state index is 13.0. The van der Waals surface area contributed by atoms with E-state index in [2.05, 4.69) is 19.2 Å². The van der Waals surface area contributed by atoms with Gasteiger partial charge in [-0.05, 0) is 48.9 Å². The Morgan fingerprint density at radius 2 is 1.67 bits per heavy atom. The Labute approximate surface area is 181 Å². The lowest BCUT2D eigenvalue weighted by Gasteiger charge is -2.29. The molecule has 0 aliphatic rings. The average molecular weight is 432 g/mol. The second kappa shape index (κ2) is 10.1. The molecule has 30 heavy (non-hydrogen) atoms. The van der Waals surface area contributed by atoms with Crippen molar-refractivity contribution in [2.75, 3.05) is 24.9 Å². The summed E-state index contributed by atoms with van der Waals surface area (Å²) in [7, 11) is -0.906. The van der Waals surface area contributed by atoms with E-state index in [0.29, 0.717) is 11.6 Å². The van der Waals surface area contributed by atoms with Gasteiger partial charge in [-0.1, -0.05) is 56.3 Å². The van der Waals surface area contributed by atoms with E-state index in [0.717, 1.165) is 27.4 Å². The van der Waals surface area contributed by atoms with Crippen LogP contribution in [-0.2, 0) is 15.0 Å². The summed E-state index contributed by atoms with van der Waals surface area (Å²) in [6.07, 6.45) is 0.764.